The molecular weight excluding hydrogens is 236 g/mol. The summed E-state index contributed by atoms with van der Waals surface area (Å²) >= 11 is 0. The second-order valence-corrected chi connectivity index (χ2v) is 4.20. The lowest BCUT2D eigenvalue weighted by molar-refractivity contribution is -0.0651. The molecule has 0 heterocycles. The fraction of sp³-hybridized carbons (Fsp3) is 0.923. The molecule has 0 aliphatic carbocycles. The van der Waals surface area contributed by atoms with Crippen molar-refractivity contribution in [2.75, 3.05) is 19.8 Å². The van der Waals surface area contributed by atoms with Crippen LogP contribution in [-0.2, 0) is 14.2 Å². The topological polar surface area (TPSA) is 65.0 Å². The van der Waals surface area contributed by atoms with E-state index in [-0.39, 0.29) is 18.8 Å². The zero-order chi connectivity index (χ0) is 13.8. The predicted octanol–water partition coefficient (Wildman–Crippen LogP) is 3.07. The van der Waals surface area contributed by atoms with Gasteiger partial charge in [0.1, 0.15) is 6.61 Å². The highest BCUT2D eigenvalue weighted by Crippen LogP contribution is 2.06. The Morgan fingerprint density at radius 1 is 1.06 bits per heavy atom. The summed E-state index contributed by atoms with van der Waals surface area (Å²) in [6, 6.07) is 0. The zero-order valence-electron chi connectivity index (χ0n) is 11.7. The van der Waals surface area contributed by atoms with Gasteiger partial charge in [-0.25, -0.2) is 4.79 Å². The van der Waals surface area contributed by atoms with Crippen LogP contribution in [0, 0.1) is 0 Å². The molecule has 2 atom stereocenters. The Kier molecular flexibility index (Phi) is 10.8. The Morgan fingerprint density at radius 3 is 2.17 bits per heavy atom. The van der Waals surface area contributed by atoms with Crippen LogP contribution in [0.25, 0.3) is 0 Å². The average Bonchev–Trinajstić information content (AvgIpc) is 2.36. The van der Waals surface area contributed by atoms with Crippen molar-refractivity contribution >= 4 is 6.16 Å². The van der Waals surface area contributed by atoms with Crippen molar-refractivity contribution in [3.8, 4) is 0 Å². The molecule has 0 aromatic rings. The molecule has 0 spiro atoms. The molecule has 18 heavy (non-hydrogen) atoms. The highest BCUT2D eigenvalue weighted by molar-refractivity contribution is 5.56. The van der Waals surface area contributed by atoms with Crippen molar-refractivity contribution in [2.45, 2.75) is 58.7 Å². The molecule has 0 saturated heterocycles. The predicted molar refractivity (Wildman–Crippen MR) is 68.9 cm³/mol. The largest absolute Gasteiger partial charge is 0.505 e. The minimum absolute atomic E-state index is 0.0791. The van der Waals surface area contributed by atoms with Crippen LogP contribution in [0.1, 0.15) is 46.5 Å². The molecule has 108 valence electrons. The van der Waals surface area contributed by atoms with Crippen LogP contribution in [0.5, 0.6) is 0 Å². The normalized spacial score (nSPS) is 14.2. The van der Waals surface area contributed by atoms with Gasteiger partial charge >= 0.3 is 6.16 Å². The van der Waals surface area contributed by atoms with Gasteiger partial charge in [-0.15, -0.1) is 0 Å². The van der Waals surface area contributed by atoms with Gasteiger partial charge in [-0.3, -0.25) is 0 Å². The fourth-order valence-electron chi connectivity index (χ4n) is 1.37. The van der Waals surface area contributed by atoms with Gasteiger partial charge in [0.25, 0.3) is 0 Å². The van der Waals surface area contributed by atoms with Crippen molar-refractivity contribution in [1.82, 2.24) is 0 Å². The van der Waals surface area contributed by atoms with E-state index >= 15 is 0 Å². The lowest BCUT2D eigenvalue weighted by atomic mass is 10.2. The van der Waals surface area contributed by atoms with E-state index in [0.29, 0.717) is 6.61 Å². The van der Waals surface area contributed by atoms with Crippen LogP contribution in [0.2, 0.25) is 0 Å². The fourth-order valence-corrected chi connectivity index (χ4v) is 1.37. The first-order valence-electron chi connectivity index (χ1n) is 6.72. The van der Waals surface area contributed by atoms with Gasteiger partial charge in [-0.2, -0.15) is 0 Å². The third-order valence-corrected chi connectivity index (χ3v) is 2.67. The van der Waals surface area contributed by atoms with Gasteiger partial charge in [0.2, 0.25) is 0 Å². The van der Waals surface area contributed by atoms with Crippen molar-refractivity contribution in [1.29, 1.82) is 0 Å². The van der Waals surface area contributed by atoms with E-state index in [1.165, 1.54) is 0 Å². The van der Waals surface area contributed by atoms with Crippen molar-refractivity contribution in [3.05, 3.63) is 0 Å². The van der Waals surface area contributed by atoms with Crippen LogP contribution < -0.4 is 0 Å². The number of rotatable bonds is 11. The number of ether oxygens (including phenoxy) is 3. The molecule has 0 radical (unpaired) electrons. The first-order chi connectivity index (χ1) is 8.63. The standard InChI is InChI=1S/C13H26O5/c1-4-7-8-16-11(5-2)9-17-12(6-3)10-18-13(14)15/h11-12H,4-10H2,1-3H3,(H,14,15). The molecule has 0 fully saturated rings. The summed E-state index contributed by atoms with van der Waals surface area (Å²) in [7, 11) is 0. The minimum atomic E-state index is -1.26. The highest BCUT2D eigenvalue weighted by atomic mass is 16.7. The van der Waals surface area contributed by atoms with E-state index in [2.05, 4.69) is 18.6 Å². The Hall–Kier alpha value is -0.810. The molecule has 0 aromatic heterocycles. The number of unbranched alkanes of at least 4 members (excludes halogenated alkanes) is 1. The van der Waals surface area contributed by atoms with Crippen LogP contribution in [-0.4, -0.2) is 43.3 Å². The summed E-state index contributed by atoms with van der Waals surface area (Å²) < 4.78 is 15.8. The molecule has 5 heteroatoms. The second kappa shape index (κ2) is 11.3. The van der Waals surface area contributed by atoms with Crippen LogP contribution in [0.4, 0.5) is 4.79 Å². The average molecular weight is 262 g/mol. The molecule has 0 aliphatic heterocycles. The Bertz CT molecular complexity index is 208. The molecule has 0 bridgehead atoms. The molecule has 0 aromatic carbocycles. The van der Waals surface area contributed by atoms with Crippen LogP contribution in [0.3, 0.4) is 0 Å². The summed E-state index contributed by atoms with van der Waals surface area (Å²) in [6.07, 6.45) is 2.40. The van der Waals surface area contributed by atoms with Crippen molar-refractivity contribution in [3.63, 3.8) is 0 Å². The SMILES string of the molecule is CCCCOC(CC)COC(CC)COC(=O)O. The summed E-state index contributed by atoms with van der Waals surface area (Å²) in [5.41, 5.74) is 0. The Labute approximate surface area is 109 Å². The van der Waals surface area contributed by atoms with Gasteiger partial charge in [-0.05, 0) is 19.3 Å². The molecule has 1 N–H and O–H groups in total. The van der Waals surface area contributed by atoms with E-state index in [4.69, 9.17) is 14.6 Å². The molecule has 0 saturated carbocycles. The summed E-state index contributed by atoms with van der Waals surface area (Å²) in [4.78, 5) is 10.3. The third-order valence-electron chi connectivity index (χ3n) is 2.67. The van der Waals surface area contributed by atoms with Crippen molar-refractivity contribution < 1.29 is 24.1 Å². The lowest BCUT2D eigenvalue weighted by Gasteiger charge is -2.20. The highest BCUT2D eigenvalue weighted by Gasteiger charge is 2.13. The van der Waals surface area contributed by atoms with Gasteiger partial charge in [0, 0.05) is 6.61 Å². The quantitative estimate of drug-likeness (QED) is 0.458. The van der Waals surface area contributed by atoms with Gasteiger partial charge in [0.15, 0.2) is 0 Å². The van der Waals surface area contributed by atoms with Gasteiger partial charge in [0.05, 0.1) is 18.8 Å². The lowest BCUT2D eigenvalue weighted by Crippen LogP contribution is -2.27. The zero-order valence-corrected chi connectivity index (χ0v) is 11.7. The number of carboxylic acid groups (broad SMARTS) is 1. The molecule has 0 amide bonds. The first kappa shape index (κ1) is 17.2. The maximum absolute atomic E-state index is 10.3. The second-order valence-electron chi connectivity index (χ2n) is 4.20. The van der Waals surface area contributed by atoms with E-state index in [0.717, 1.165) is 32.3 Å². The summed E-state index contributed by atoms with van der Waals surface area (Å²) in [5.74, 6) is 0. The molecule has 5 nitrogen and oxygen atoms in total. The van der Waals surface area contributed by atoms with Crippen molar-refractivity contribution in [2.24, 2.45) is 0 Å². The summed E-state index contributed by atoms with van der Waals surface area (Å²) in [6.45, 7) is 7.43. The minimum Gasteiger partial charge on any atom is -0.450 e. The van der Waals surface area contributed by atoms with E-state index in [9.17, 15) is 4.79 Å². The number of hydrogen-bond donors (Lipinski definition) is 1. The van der Waals surface area contributed by atoms with E-state index < -0.39 is 6.16 Å². The van der Waals surface area contributed by atoms with E-state index in [1.54, 1.807) is 0 Å². The smallest absolute Gasteiger partial charge is 0.450 e. The van der Waals surface area contributed by atoms with Crippen LogP contribution >= 0.6 is 0 Å². The maximum Gasteiger partial charge on any atom is 0.505 e. The third kappa shape index (κ3) is 9.24. The van der Waals surface area contributed by atoms with E-state index in [1.807, 2.05) is 6.92 Å². The monoisotopic (exact) mass is 262 g/mol. The maximum atomic E-state index is 10.3. The molecule has 0 rings (SSSR count). The van der Waals surface area contributed by atoms with Gasteiger partial charge in [-0.1, -0.05) is 27.2 Å². The Morgan fingerprint density at radius 2 is 1.67 bits per heavy atom. The summed E-state index contributed by atoms with van der Waals surface area (Å²) in [5, 5.41) is 8.42. The molecular formula is C13H26O5. The number of carbonyl (C=O) groups is 1. The van der Waals surface area contributed by atoms with Gasteiger partial charge < -0.3 is 19.3 Å². The van der Waals surface area contributed by atoms with Crippen LogP contribution in [0.15, 0.2) is 0 Å². The number of hydrogen-bond acceptors (Lipinski definition) is 4. The molecule has 0 aliphatic rings. The molecule has 2 unspecified atom stereocenters. The Balaban J connectivity index is 3.80. The first-order valence-corrected chi connectivity index (χ1v) is 6.72.